The van der Waals surface area contributed by atoms with E-state index < -0.39 is 5.78 Å². The van der Waals surface area contributed by atoms with E-state index in [1.807, 2.05) is 0 Å². The molecule has 0 radical (unpaired) electrons. The Morgan fingerprint density at radius 2 is 1.85 bits per heavy atom. The van der Waals surface area contributed by atoms with Crippen LogP contribution in [-0.2, 0) is 0 Å². The van der Waals surface area contributed by atoms with Gasteiger partial charge in [0.05, 0.1) is 0 Å². The van der Waals surface area contributed by atoms with Crippen LogP contribution in [0.3, 0.4) is 0 Å². The highest BCUT2D eigenvalue weighted by molar-refractivity contribution is 6.36. The van der Waals surface area contributed by atoms with Gasteiger partial charge in [-0.1, -0.05) is 11.2 Å². The Bertz CT molecular complexity index is 339. The fraction of sp³-hybridized carbons (Fsp3) is 0. The highest BCUT2D eigenvalue weighted by atomic mass is 16.4. The lowest BCUT2D eigenvalue weighted by atomic mass is 10.1. The van der Waals surface area contributed by atoms with Crippen LogP contribution in [0.5, 0.6) is 11.5 Å². The van der Waals surface area contributed by atoms with Gasteiger partial charge in [0, 0.05) is 0 Å². The number of hydrogen-bond donors (Lipinski definition) is 3. The molecule has 0 unspecified atom stereocenters. The lowest BCUT2D eigenvalue weighted by Gasteiger charge is -2.01. The SMILES string of the molecule is O=C(/C=N/O)c1c(O)cccc1O. The summed E-state index contributed by atoms with van der Waals surface area (Å²) in [7, 11) is 0. The zero-order valence-corrected chi connectivity index (χ0v) is 6.51. The molecule has 0 fully saturated rings. The summed E-state index contributed by atoms with van der Waals surface area (Å²) in [4.78, 5) is 11.1. The summed E-state index contributed by atoms with van der Waals surface area (Å²) >= 11 is 0. The Morgan fingerprint density at radius 3 is 2.31 bits per heavy atom. The first-order valence-corrected chi connectivity index (χ1v) is 3.39. The van der Waals surface area contributed by atoms with E-state index in [9.17, 15) is 4.79 Å². The van der Waals surface area contributed by atoms with Crippen molar-refractivity contribution in [1.29, 1.82) is 0 Å². The Hall–Kier alpha value is -2.04. The van der Waals surface area contributed by atoms with Gasteiger partial charge in [-0.15, -0.1) is 0 Å². The normalized spacial score (nSPS) is 10.5. The van der Waals surface area contributed by atoms with Crippen LogP contribution in [0, 0.1) is 0 Å². The topological polar surface area (TPSA) is 90.1 Å². The number of hydrogen-bond acceptors (Lipinski definition) is 5. The lowest BCUT2D eigenvalue weighted by molar-refractivity contribution is 0.106. The van der Waals surface area contributed by atoms with Gasteiger partial charge >= 0.3 is 0 Å². The molecule has 0 heterocycles. The van der Waals surface area contributed by atoms with E-state index in [2.05, 4.69) is 5.16 Å². The van der Waals surface area contributed by atoms with Crippen LogP contribution in [-0.4, -0.2) is 27.4 Å². The van der Waals surface area contributed by atoms with Crippen LogP contribution in [0.1, 0.15) is 10.4 Å². The molecule has 5 heteroatoms. The van der Waals surface area contributed by atoms with Crippen LogP contribution in [0.2, 0.25) is 0 Å². The minimum Gasteiger partial charge on any atom is -0.507 e. The smallest absolute Gasteiger partial charge is 0.214 e. The number of rotatable bonds is 2. The average molecular weight is 181 g/mol. The monoisotopic (exact) mass is 181 g/mol. The molecule has 1 aromatic carbocycles. The molecule has 0 aliphatic rings. The van der Waals surface area contributed by atoms with Crippen molar-refractivity contribution in [2.45, 2.75) is 0 Å². The third-order valence-electron chi connectivity index (χ3n) is 1.44. The van der Waals surface area contributed by atoms with Crippen LogP contribution < -0.4 is 0 Å². The van der Waals surface area contributed by atoms with E-state index in [0.29, 0.717) is 6.21 Å². The van der Waals surface area contributed by atoms with Crippen molar-refractivity contribution >= 4 is 12.0 Å². The van der Waals surface area contributed by atoms with E-state index in [1.165, 1.54) is 18.2 Å². The molecule has 0 aliphatic carbocycles. The number of Topliss-reactive ketones (excluding diaryl/α,β-unsaturated/α-hetero) is 1. The van der Waals surface area contributed by atoms with Crippen molar-refractivity contribution in [3.05, 3.63) is 23.8 Å². The summed E-state index contributed by atoms with van der Waals surface area (Å²) in [6.07, 6.45) is 0.592. The Labute approximate surface area is 73.6 Å². The zero-order valence-electron chi connectivity index (χ0n) is 6.51. The fourth-order valence-corrected chi connectivity index (χ4v) is 0.898. The number of carbonyl (C=O) groups is 1. The molecule has 3 N–H and O–H groups in total. The molecular weight excluding hydrogens is 174 g/mol. The first-order valence-electron chi connectivity index (χ1n) is 3.39. The summed E-state index contributed by atoms with van der Waals surface area (Å²) in [6.45, 7) is 0. The second kappa shape index (κ2) is 3.57. The van der Waals surface area contributed by atoms with E-state index in [0.717, 1.165) is 0 Å². The summed E-state index contributed by atoms with van der Waals surface area (Å²) in [5.41, 5.74) is -0.277. The maximum absolute atomic E-state index is 11.1. The molecule has 0 saturated heterocycles. The highest BCUT2D eigenvalue weighted by Crippen LogP contribution is 2.25. The third kappa shape index (κ3) is 1.76. The van der Waals surface area contributed by atoms with E-state index in [1.54, 1.807) is 0 Å². The van der Waals surface area contributed by atoms with Crippen molar-refractivity contribution < 1.29 is 20.2 Å². The molecule has 13 heavy (non-hydrogen) atoms. The Morgan fingerprint density at radius 1 is 1.31 bits per heavy atom. The molecule has 68 valence electrons. The van der Waals surface area contributed by atoms with Gasteiger partial charge in [-0.05, 0) is 12.1 Å². The van der Waals surface area contributed by atoms with Crippen molar-refractivity contribution in [2.75, 3.05) is 0 Å². The summed E-state index contributed by atoms with van der Waals surface area (Å²) < 4.78 is 0. The molecule has 0 bridgehead atoms. The quantitative estimate of drug-likeness (QED) is 0.271. The lowest BCUT2D eigenvalue weighted by Crippen LogP contribution is -2.00. The molecule has 1 rings (SSSR count). The number of oxime groups is 1. The average Bonchev–Trinajstić information content (AvgIpc) is 2.04. The minimum absolute atomic E-state index is 0.277. The first-order chi connectivity index (χ1) is 6.16. The molecule has 0 atom stereocenters. The minimum atomic E-state index is -0.766. The van der Waals surface area contributed by atoms with Crippen LogP contribution in [0.4, 0.5) is 0 Å². The summed E-state index contributed by atoms with van der Waals surface area (Å²) in [6, 6.07) is 3.88. The van der Waals surface area contributed by atoms with Crippen LogP contribution >= 0.6 is 0 Å². The standard InChI is InChI=1S/C8H7NO4/c10-5-2-1-3-6(11)8(5)7(12)4-9-13/h1-4,10-11,13H/b9-4+. The predicted molar refractivity (Wildman–Crippen MR) is 44.4 cm³/mol. The second-order valence-electron chi connectivity index (χ2n) is 2.28. The number of phenolic OH excluding ortho intramolecular Hbond substituents is 2. The maximum Gasteiger partial charge on any atom is 0.214 e. The summed E-state index contributed by atoms with van der Waals surface area (Å²) in [5, 5.41) is 28.9. The Kier molecular flexibility index (Phi) is 2.49. The van der Waals surface area contributed by atoms with Gasteiger partial charge in [0.2, 0.25) is 5.78 Å². The van der Waals surface area contributed by atoms with Gasteiger partial charge in [0.15, 0.2) is 0 Å². The Balaban J connectivity index is 3.20. The number of phenols is 2. The molecule has 0 saturated carbocycles. The van der Waals surface area contributed by atoms with Gasteiger partial charge in [-0.3, -0.25) is 4.79 Å². The molecule has 0 aliphatic heterocycles. The molecule has 0 amide bonds. The molecule has 0 aromatic heterocycles. The summed E-state index contributed by atoms with van der Waals surface area (Å²) in [5.74, 6) is -1.48. The van der Waals surface area contributed by atoms with Gasteiger partial charge in [-0.2, -0.15) is 0 Å². The largest absolute Gasteiger partial charge is 0.507 e. The van der Waals surface area contributed by atoms with Crippen molar-refractivity contribution in [1.82, 2.24) is 0 Å². The molecule has 5 nitrogen and oxygen atoms in total. The second-order valence-corrected chi connectivity index (χ2v) is 2.28. The predicted octanol–water partition coefficient (Wildman–Crippen LogP) is 0.740. The van der Waals surface area contributed by atoms with Crippen molar-refractivity contribution in [3.8, 4) is 11.5 Å². The molecule has 1 aromatic rings. The van der Waals surface area contributed by atoms with E-state index in [-0.39, 0.29) is 17.1 Å². The van der Waals surface area contributed by atoms with E-state index >= 15 is 0 Å². The molecule has 0 spiro atoms. The number of ketones is 1. The van der Waals surface area contributed by atoms with Crippen LogP contribution in [0.15, 0.2) is 23.4 Å². The number of nitrogens with zero attached hydrogens (tertiary/aromatic N) is 1. The van der Waals surface area contributed by atoms with Crippen molar-refractivity contribution in [3.63, 3.8) is 0 Å². The number of benzene rings is 1. The van der Waals surface area contributed by atoms with Crippen molar-refractivity contribution in [2.24, 2.45) is 5.16 Å². The number of aromatic hydroxyl groups is 2. The number of carbonyl (C=O) groups excluding carboxylic acids is 1. The highest BCUT2D eigenvalue weighted by Gasteiger charge is 2.13. The van der Waals surface area contributed by atoms with Gasteiger partial charge < -0.3 is 15.4 Å². The van der Waals surface area contributed by atoms with Gasteiger partial charge in [0.1, 0.15) is 23.3 Å². The van der Waals surface area contributed by atoms with Gasteiger partial charge in [0.25, 0.3) is 0 Å². The molecular formula is C8H7NO4. The van der Waals surface area contributed by atoms with Gasteiger partial charge in [-0.25, -0.2) is 0 Å². The fourth-order valence-electron chi connectivity index (χ4n) is 0.898. The first kappa shape index (κ1) is 9.05. The van der Waals surface area contributed by atoms with Crippen LogP contribution in [0.25, 0.3) is 0 Å². The maximum atomic E-state index is 11.1. The third-order valence-corrected chi connectivity index (χ3v) is 1.44. The zero-order chi connectivity index (χ0) is 9.84. The van der Waals surface area contributed by atoms with E-state index in [4.69, 9.17) is 15.4 Å².